The minimum Gasteiger partial charge on any atom is -0.369 e. The number of aryl methyl sites for hydroxylation is 2. The van der Waals surface area contributed by atoms with E-state index < -0.39 is 35.3 Å². The zero-order chi connectivity index (χ0) is 21.0. The Morgan fingerprint density at radius 2 is 1.79 bits per heavy atom. The predicted octanol–water partition coefficient (Wildman–Crippen LogP) is 2.30. The van der Waals surface area contributed by atoms with E-state index in [2.05, 4.69) is 15.3 Å². The Kier molecular flexibility index (Phi) is 4.28. The van der Waals surface area contributed by atoms with Crippen LogP contribution in [0.2, 0.25) is 0 Å². The fourth-order valence-corrected chi connectivity index (χ4v) is 3.88. The molecule has 9 nitrogen and oxygen atoms in total. The van der Waals surface area contributed by atoms with Crippen LogP contribution in [-0.4, -0.2) is 44.4 Å². The van der Waals surface area contributed by atoms with Crippen LogP contribution in [0.15, 0.2) is 23.2 Å². The molecule has 0 spiro atoms. The highest BCUT2D eigenvalue weighted by Gasteiger charge is 2.68. The maximum absolute atomic E-state index is 13.2. The van der Waals surface area contributed by atoms with Crippen molar-refractivity contribution >= 4 is 23.7 Å². The summed E-state index contributed by atoms with van der Waals surface area (Å²) < 4.78 is 0. The molecule has 0 radical (unpaired) electrons. The van der Waals surface area contributed by atoms with Gasteiger partial charge in [0.2, 0.25) is 0 Å². The third kappa shape index (κ3) is 2.42. The van der Waals surface area contributed by atoms with Crippen LogP contribution in [-0.2, 0) is 4.79 Å². The predicted molar refractivity (Wildman–Crippen MR) is 99.7 cm³/mol. The van der Waals surface area contributed by atoms with Gasteiger partial charge >= 0.3 is 18.0 Å². The van der Waals surface area contributed by atoms with E-state index in [9.17, 15) is 19.5 Å². The van der Waals surface area contributed by atoms with E-state index in [4.69, 9.17) is 6.57 Å². The van der Waals surface area contributed by atoms with Gasteiger partial charge in [0.25, 0.3) is 0 Å². The quantitative estimate of drug-likeness (QED) is 0.764. The molecule has 2 N–H and O–H groups in total. The fraction of sp³-hybridized carbons (Fsp3) is 0.421. The lowest BCUT2D eigenvalue weighted by Gasteiger charge is -2.52. The highest BCUT2D eigenvalue weighted by Crippen LogP contribution is 2.45. The third-order valence-electron chi connectivity index (χ3n) is 5.22. The van der Waals surface area contributed by atoms with Gasteiger partial charge in [-0.2, -0.15) is 11.6 Å². The van der Waals surface area contributed by atoms with Crippen molar-refractivity contribution in [1.29, 1.82) is 0 Å². The second-order valence-electron chi connectivity index (χ2n) is 7.90. The van der Waals surface area contributed by atoms with Crippen molar-refractivity contribution in [3.63, 3.8) is 0 Å². The lowest BCUT2D eigenvalue weighted by molar-refractivity contribution is -0.128. The number of nitrogens with zero attached hydrogens (tertiary/aromatic N) is 4. The van der Waals surface area contributed by atoms with Gasteiger partial charge in [-0.15, -0.1) is 4.95 Å². The van der Waals surface area contributed by atoms with Gasteiger partial charge in [0, 0.05) is 11.0 Å². The molecule has 0 saturated carbocycles. The van der Waals surface area contributed by atoms with Gasteiger partial charge in [0.15, 0.2) is 17.6 Å². The smallest absolute Gasteiger partial charge is 0.369 e. The van der Waals surface area contributed by atoms with Crippen molar-refractivity contribution in [1.82, 2.24) is 15.2 Å². The fourth-order valence-electron chi connectivity index (χ4n) is 3.88. The standard InChI is InChI=1S/C19H21N5O4/c1-10-8-7-9-11(2)12(10)14(25)23-17(28)24(20-6)15(26)13-19(23,18(3,4)5)22-16(27)21-13/h7-9,14,25H,1-5H3,(H,22,27). The summed E-state index contributed by atoms with van der Waals surface area (Å²) >= 11 is 0. The van der Waals surface area contributed by atoms with Gasteiger partial charge < -0.3 is 10.4 Å². The van der Waals surface area contributed by atoms with Crippen LogP contribution >= 0.6 is 0 Å². The number of nitrogens with one attached hydrogen (secondary N) is 1. The van der Waals surface area contributed by atoms with E-state index in [0.29, 0.717) is 10.6 Å². The monoisotopic (exact) mass is 383 g/mol. The number of hydrogen-bond donors (Lipinski definition) is 2. The number of fused-ring (bicyclic) bond motifs is 1. The number of aliphatic hydroxyl groups excluding tert-OH is 1. The molecule has 146 valence electrons. The summed E-state index contributed by atoms with van der Waals surface area (Å²) in [6.07, 6.45) is -1.52. The van der Waals surface area contributed by atoms with Gasteiger partial charge in [-0.1, -0.05) is 39.0 Å². The number of rotatable bonds is 2. The van der Waals surface area contributed by atoms with Crippen LogP contribution in [0.4, 0.5) is 9.59 Å². The summed E-state index contributed by atoms with van der Waals surface area (Å²) in [6, 6.07) is 3.55. The first-order valence-corrected chi connectivity index (χ1v) is 8.68. The zero-order valence-corrected chi connectivity index (χ0v) is 16.3. The van der Waals surface area contributed by atoms with Crippen LogP contribution in [0, 0.1) is 25.8 Å². The first-order chi connectivity index (χ1) is 13.0. The molecule has 0 aliphatic carbocycles. The average molecular weight is 383 g/mol. The van der Waals surface area contributed by atoms with Crippen LogP contribution in [0.25, 0.3) is 4.95 Å². The number of aliphatic imine (C=N–C) groups is 1. The molecule has 2 atom stereocenters. The van der Waals surface area contributed by atoms with Crippen molar-refractivity contribution in [3.05, 3.63) is 46.4 Å². The largest absolute Gasteiger partial charge is 0.400 e. The molecule has 1 aromatic carbocycles. The third-order valence-corrected chi connectivity index (χ3v) is 5.22. The topological polar surface area (TPSA) is 107 Å². The Bertz CT molecular complexity index is 951. The van der Waals surface area contributed by atoms with E-state index in [0.717, 1.165) is 16.0 Å². The molecule has 28 heavy (non-hydrogen) atoms. The minimum absolute atomic E-state index is 0.286. The number of amides is 5. The lowest BCUT2D eigenvalue weighted by Crippen LogP contribution is -2.77. The number of urea groups is 2. The number of hydrogen-bond acceptors (Lipinski definition) is 4. The van der Waals surface area contributed by atoms with E-state index in [1.165, 1.54) is 0 Å². The number of benzene rings is 1. The molecule has 1 aromatic rings. The maximum Gasteiger partial charge on any atom is 0.400 e. The van der Waals surface area contributed by atoms with E-state index in [-0.39, 0.29) is 5.71 Å². The van der Waals surface area contributed by atoms with Crippen molar-refractivity contribution < 1.29 is 19.5 Å². The first kappa shape index (κ1) is 19.5. The van der Waals surface area contributed by atoms with Gasteiger partial charge in [-0.3, -0.25) is 9.69 Å². The van der Waals surface area contributed by atoms with Gasteiger partial charge in [0.05, 0.1) is 5.01 Å². The molecule has 0 aromatic heterocycles. The summed E-state index contributed by atoms with van der Waals surface area (Å²) in [6.45, 7) is 15.9. The molecule has 3 rings (SSSR count). The van der Waals surface area contributed by atoms with Crippen molar-refractivity contribution in [2.75, 3.05) is 0 Å². The van der Waals surface area contributed by atoms with Gasteiger partial charge in [-0.25, -0.2) is 9.59 Å². The van der Waals surface area contributed by atoms with Crippen LogP contribution in [0.5, 0.6) is 0 Å². The molecule has 1 saturated heterocycles. The Hall–Kier alpha value is -3.25. The normalized spacial score (nSPS) is 23.2. The molecular formula is C19H21N5O4. The van der Waals surface area contributed by atoms with Crippen molar-refractivity contribution in [3.8, 4) is 0 Å². The zero-order valence-electron chi connectivity index (χ0n) is 16.3. The summed E-state index contributed by atoms with van der Waals surface area (Å²) in [4.78, 5) is 45.8. The van der Waals surface area contributed by atoms with Crippen LogP contribution in [0.1, 0.15) is 43.7 Å². The molecule has 9 heteroatoms. The highest BCUT2D eigenvalue weighted by atomic mass is 16.3. The van der Waals surface area contributed by atoms with Crippen LogP contribution in [0.3, 0.4) is 0 Å². The Morgan fingerprint density at radius 3 is 2.29 bits per heavy atom. The Labute approximate surface area is 162 Å². The molecule has 5 amide bonds. The molecule has 1 fully saturated rings. The Morgan fingerprint density at radius 1 is 1.21 bits per heavy atom. The highest BCUT2D eigenvalue weighted by molar-refractivity contribution is 6.49. The number of carbonyl (C=O) groups excluding carboxylic acids is 3. The Balaban J connectivity index is 2.31. The average Bonchev–Trinajstić information content (AvgIpc) is 2.93. The lowest BCUT2D eigenvalue weighted by atomic mass is 9.74. The molecule has 2 aliphatic rings. The number of carbonyl (C=O) groups is 3. The van der Waals surface area contributed by atoms with E-state index in [1.54, 1.807) is 46.8 Å². The van der Waals surface area contributed by atoms with Gasteiger partial charge in [0.1, 0.15) is 0 Å². The molecular weight excluding hydrogens is 362 g/mol. The van der Waals surface area contributed by atoms with Crippen molar-refractivity contribution in [2.45, 2.75) is 46.5 Å². The summed E-state index contributed by atoms with van der Waals surface area (Å²) in [7, 11) is 0. The molecule has 2 unspecified atom stereocenters. The van der Waals surface area contributed by atoms with E-state index >= 15 is 0 Å². The minimum atomic E-state index is -1.70. The second kappa shape index (κ2) is 6.14. The first-order valence-electron chi connectivity index (χ1n) is 8.68. The second-order valence-corrected chi connectivity index (χ2v) is 7.90. The van der Waals surface area contributed by atoms with Gasteiger partial charge in [-0.05, 0) is 25.0 Å². The molecule has 0 bridgehead atoms. The SMILES string of the molecule is [C-]#[N+]N1C(=O)C2=NC(=O)NC2(C(C)(C)C)N(C(O)c2c(C)cccc2C)C1=O. The van der Waals surface area contributed by atoms with Crippen LogP contribution < -0.4 is 5.32 Å². The molecule has 2 heterocycles. The van der Waals surface area contributed by atoms with Crippen molar-refractivity contribution in [2.24, 2.45) is 10.4 Å². The number of aliphatic hydroxyl groups is 1. The summed E-state index contributed by atoms with van der Waals surface area (Å²) in [5, 5.41) is 14.2. The maximum atomic E-state index is 13.2. The number of imide groups is 1. The molecule has 2 aliphatic heterocycles. The van der Waals surface area contributed by atoms with E-state index in [1.807, 2.05) is 6.07 Å². The summed E-state index contributed by atoms with van der Waals surface area (Å²) in [5.41, 5.74) is -1.01. The summed E-state index contributed by atoms with van der Waals surface area (Å²) in [5.74, 6) is -0.974.